The van der Waals surface area contributed by atoms with Crippen LogP contribution in [-0.2, 0) is 20.8 Å². The molecular formula is C30H32N2O10. The number of amides is 1. The number of rotatable bonds is 6. The molecule has 222 valence electrons. The number of aliphatic hydroxyl groups excluding tert-OH is 2. The minimum Gasteiger partial charge on any atom is -0.508 e. The van der Waals surface area contributed by atoms with Crippen LogP contribution in [0.2, 0.25) is 0 Å². The first-order chi connectivity index (χ1) is 19.8. The van der Waals surface area contributed by atoms with Crippen LogP contribution in [0.1, 0.15) is 17.5 Å². The van der Waals surface area contributed by atoms with E-state index in [0.29, 0.717) is 33.9 Å². The van der Waals surface area contributed by atoms with Crippen LogP contribution in [0.25, 0.3) is 16.9 Å². The zero-order valence-corrected chi connectivity index (χ0v) is 23.7. The van der Waals surface area contributed by atoms with E-state index in [1.807, 2.05) is 0 Å². The van der Waals surface area contributed by atoms with Gasteiger partial charge in [-0.25, -0.2) is 0 Å². The van der Waals surface area contributed by atoms with Gasteiger partial charge in [-0.05, 0) is 62.2 Å². The first-order valence-corrected chi connectivity index (χ1v) is 13.1. The van der Waals surface area contributed by atoms with E-state index in [1.165, 1.54) is 32.3 Å². The molecule has 5 rings (SSSR count). The van der Waals surface area contributed by atoms with Gasteiger partial charge in [-0.15, -0.1) is 0 Å². The Labute approximate surface area is 241 Å². The summed E-state index contributed by atoms with van der Waals surface area (Å²) >= 11 is 0. The van der Waals surface area contributed by atoms with Gasteiger partial charge in [0, 0.05) is 17.1 Å². The van der Waals surface area contributed by atoms with Gasteiger partial charge in [-0.3, -0.25) is 19.3 Å². The van der Waals surface area contributed by atoms with E-state index in [2.05, 4.69) is 0 Å². The number of carbonyl (C=O) groups excluding carboxylic acids is 3. The molecule has 1 fully saturated rings. The van der Waals surface area contributed by atoms with Crippen LogP contribution in [0.15, 0.2) is 41.2 Å². The molecule has 6 N–H and O–H groups in total. The topological polar surface area (TPSA) is 189 Å². The van der Waals surface area contributed by atoms with E-state index < -0.39 is 58.0 Å². The van der Waals surface area contributed by atoms with Gasteiger partial charge in [-0.2, -0.15) is 0 Å². The SMILES string of the molecule is COc1ccc(-c2ccc(O)c3c2C[C@H]2C[C@@H]4C(N(C)C)C(=O)C(C(N)=O)=C(O)[C@@]4(O)C(=O)C2=C3O)c(OC)c1OC. The van der Waals surface area contributed by atoms with Gasteiger partial charge in [0.1, 0.15) is 22.8 Å². The maximum absolute atomic E-state index is 14.0. The molecule has 12 heteroatoms. The van der Waals surface area contributed by atoms with E-state index in [1.54, 1.807) is 32.3 Å². The number of primary amides is 1. The number of nitrogens with two attached hydrogens (primary N) is 1. The van der Waals surface area contributed by atoms with Crippen LogP contribution in [0, 0.1) is 11.8 Å². The molecule has 12 nitrogen and oxygen atoms in total. The second-order valence-electron chi connectivity index (χ2n) is 10.8. The number of likely N-dealkylation sites (N-methyl/N-ethyl adjacent to an activating group) is 1. The van der Waals surface area contributed by atoms with Gasteiger partial charge in [-0.1, -0.05) is 6.07 Å². The van der Waals surface area contributed by atoms with Crippen molar-refractivity contribution in [1.29, 1.82) is 0 Å². The molecule has 0 aromatic heterocycles. The van der Waals surface area contributed by atoms with Crippen LogP contribution >= 0.6 is 0 Å². The van der Waals surface area contributed by atoms with Crippen LogP contribution in [0.3, 0.4) is 0 Å². The fourth-order valence-electron chi connectivity index (χ4n) is 6.81. The average Bonchev–Trinajstić information content (AvgIpc) is 2.93. The second-order valence-corrected chi connectivity index (χ2v) is 10.8. The fraction of sp³-hybridized carbons (Fsp3) is 0.367. The summed E-state index contributed by atoms with van der Waals surface area (Å²) < 4.78 is 16.6. The monoisotopic (exact) mass is 580 g/mol. The minimum absolute atomic E-state index is 0.0239. The summed E-state index contributed by atoms with van der Waals surface area (Å²) in [7, 11) is 7.51. The van der Waals surface area contributed by atoms with Gasteiger partial charge >= 0.3 is 0 Å². The molecule has 42 heavy (non-hydrogen) atoms. The average molecular weight is 581 g/mol. The number of phenolic OH excluding ortho intramolecular Hbond substituents is 1. The van der Waals surface area contributed by atoms with Crippen LogP contribution in [0.4, 0.5) is 0 Å². The molecule has 1 amide bonds. The van der Waals surface area contributed by atoms with Crippen molar-refractivity contribution in [2.45, 2.75) is 24.5 Å². The Hall–Kier alpha value is -4.55. The number of aromatic hydroxyl groups is 1. The fourth-order valence-corrected chi connectivity index (χ4v) is 6.81. The van der Waals surface area contributed by atoms with Crippen molar-refractivity contribution in [3.8, 4) is 34.1 Å². The summed E-state index contributed by atoms with van der Waals surface area (Å²) in [4.78, 5) is 40.9. The van der Waals surface area contributed by atoms with E-state index in [9.17, 15) is 34.8 Å². The number of fused-ring (bicyclic) bond motifs is 3. The maximum atomic E-state index is 14.0. The molecule has 2 aromatic rings. The van der Waals surface area contributed by atoms with Crippen molar-refractivity contribution in [2.75, 3.05) is 35.4 Å². The summed E-state index contributed by atoms with van der Waals surface area (Å²) in [6, 6.07) is 5.26. The number of ketones is 2. The van der Waals surface area contributed by atoms with E-state index >= 15 is 0 Å². The van der Waals surface area contributed by atoms with Crippen molar-refractivity contribution in [2.24, 2.45) is 17.6 Å². The molecule has 0 spiro atoms. The number of ether oxygens (including phenoxy) is 3. The Balaban J connectivity index is 1.75. The highest BCUT2D eigenvalue weighted by molar-refractivity contribution is 6.24. The third kappa shape index (κ3) is 3.78. The Morgan fingerprint density at radius 2 is 1.62 bits per heavy atom. The zero-order valence-electron chi connectivity index (χ0n) is 23.7. The maximum Gasteiger partial charge on any atom is 0.255 e. The van der Waals surface area contributed by atoms with Gasteiger partial charge in [0.25, 0.3) is 5.91 Å². The molecule has 0 radical (unpaired) electrons. The summed E-state index contributed by atoms with van der Waals surface area (Å²) in [6.07, 6.45) is 0.0969. The number of phenols is 1. The van der Waals surface area contributed by atoms with Crippen molar-refractivity contribution < 1.29 is 49.0 Å². The number of Topliss-reactive ketones (excluding diaryl/α,β-unsaturated/α-hetero) is 2. The van der Waals surface area contributed by atoms with Crippen molar-refractivity contribution >= 4 is 23.2 Å². The lowest BCUT2D eigenvalue weighted by Gasteiger charge is -2.50. The third-order valence-electron chi connectivity index (χ3n) is 8.60. The lowest BCUT2D eigenvalue weighted by molar-refractivity contribution is -0.153. The largest absolute Gasteiger partial charge is 0.508 e. The molecule has 4 atom stereocenters. The van der Waals surface area contributed by atoms with E-state index in [4.69, 9.17) is 19.9 Å². The van der Waals surface area contributed by atoms with E-state index in [0.717, 1.165) is 0 Å². The van der Waals surface area contributed by atoms with Gasteiger partial charge < -0.3 is 40.4 Å². The summed E-state index contributed by atoms with van der Waals surface area (Å²) in [5, 5.41) is 45.2. The number of methoxy groups -OCH3 is 3. The minimum atomic E-state index is -2.70. The molecule has 0 bridgehead atoms. The number of benzene rings is 2. The molecule has 2 aromatic carbocycles. The van der Waals surface area contributed by atoms with Gasteiger partial charge in [0.2, 0.25) is 11.5 Å². The molecular weight excluding hydrogens is 548 g/mol. The van der Waals surface area contributed by atoms with Crippen LogP contribution in [0.5, 0.6) is 23.0 Å². The highest BCUT2D eigenvalue weighted by atomic mass is 16.5. The Kier molecular flexibility index (Phi) is 6.94. The quantitative estimate of drug-likeness (QED) is 0.313. The molecule has 0 saturated heterocycles. The highest BCUT2D eigenvalue weighted by Gasteiger charge is 2.64. The molecule has 0 aliphatic heterocycles. The summed E-state index contributed by atoms with van der Waals surface area (Å²) in [6.45, 7) is 0. The Morgan fingerprint density at radius 1 is 0.976 bits per heavy atom. The van der Waals surface area contributed by atoms with Gasteiger partial charge in [0.05, 0.1) is 32.9 Å². The molecule has 1 saturated carbocycles. The number of nitrogens with zero attached hydrogens (tertiary/aromatic N) is 1. The number of hydrogen-bond donors (Lipinski definition) is 5. The number of hydrogen-bond acceptors (Lipinski definition) is 11. The predicted octanol–water partition coefficient (Wildman–Crippen LogP) is 1.66. The van der Waals surface area contributed by atoms with Crippen molar-refractivity contribution in [3.63, 3.8) is 0 Å². The second kappa shape index (κ2) is 10.1. The molecule has 1 unspecified atom stereocenters. The summed E-state index contributed by atoms with van der Waals surface area (Å²) in [5.74, 6) is -6.00. The number of carbonyl (C=O) groups is 3. The lowest BCUT2D eigenvalue weighted by atomic mass is 9.57. The van der Waals surface area contributed by atoms with Crippen LogP contribution in [-0.4, -0.2) is 89.9 Å². The third-order valence-corrected chi connectivity index (χ3v) is 8.60. The number of aliphatic hydroxyl groups is 3. The normalized spacial score (nSPS) is 25.2. The first kappa shape index (κ1) is 29.0. The molecule has 3 aliphatic rings. The Morgan fingerprint density at radius 3 is 2.19 bits per heavy atom. The van der Waals surface area contributed by atoms with Crippen LogP contribution < -0.4 is 19.9 Å². The molecule has 3 aliphatic carbocycles. The zero-order chi connectivity index (χ0) is 30.8. The van der Waals surface area contributed by atoms with E-state index in [-0.39, 0.29) is 29.7 Å². The Bertz CT molecular complexity index is 1610. The standard InChI is InChI=1S/C30H32N2O10/c1-32(2)22-16-11-12-10-15-13(14-7-9-18(40-3)26(42-5)25(14)41-4)6-8-17(33)20(15)23(34)19(12)27(36)30(16,39)28(37)21(24(22)35)29(31)38/h6-9,12,16,22,33-34,37,39H,10-11H2,1-5H3,(H2,31,38)/t12-,16+,22?,30-/m0/s1. The van der Waals surface area contributed by atoms with Crippen molar-refractivity contribution in [3.05, 3.63) is 52.3 Å². The van der Waals surface area contributed by atoms with Crippen molar-refractivity contribution in [1.82, 2.24) is 4.90 Å². The predicted molar refractivity (Wildman–Crippen MR) is 149 cm³/mol. The molecule has 0 heterocycles. The van der Waals surface area contributed by atoms with Gasteiger partial charge in [0.15, 0.2) is 22.9 Å². The first-order valence-electron chi connectivity index (χ1n) is 13.1. The smallest absolute Gasteiger partial charge is 0.255 e. The summed E-state index contributed by atoms with van der Waals surface area (Å²) in [5.41, 5.74) is 3.18. The highest BCUT2D eigenvalue weighted by Crippen LogP contribution is 2.55. The lowest BCUT2D eigenvalue weighted by Crippen LogP contribution is -2.65.